The number of hydrogen-bond acceptors (Lipinski definition) is 2. The van der Waals surface area contributed by atoms with Crippen LogP contribution in [0, 0.1) is 6.92 Å². The van der Waals surface area contributed by atoms with Crippen molar-refractivity contribution in [3.63, 3.8) is 0 Å². The van der Waals surface area contributed by atoms with Gasteiger partial charge in [0.1, 0.15) is 0 Å². The lowest BCUT2D eigenvalue weighted by Crippen LogP contribution is -2.10. The van der Waals surface area contributed by atoms with Crippen LogP contribution in [0.5, 0.6) is 0 Å². The van der Waals surface area contributed by atoms with E-state index in [0.29, 0.717) is 5.92 Å². The summed E-state index contributed by atoms with van der Waals surface area (Å²) in [6.45, 7) is 2.13. The minimum absolute atomic E-state index is 0.114. The summed E-state index contributed by atoms with van der Waals surface area (Å²) in [6, 6.07) is 2.06. The number of aryl methyl sites for hydroxylation is 1. The Morgan fingerprint density at radius 2 is 2.13 bits per heavy atom. The van der Waals surface area contributed by atoms with Gasteiger partial charge in [-0.15, -0.1) is 0 Å². The first-order valence-electron chi connectivity index (χ1n) is 5.86. The first-order chi connectivity index (χ1) is 7.27. The fourth-order valence-corrected chi connectivity index (χ4v) is 2.52. The van der Waals surface area contributed by atoms with Crippen LogP contribution in [-0.4, -0.2) is 16.2 Å². The first kappa shape index (κ1) is 10.6. The molecule has 0 aromatic carbocycles. The van der Waals surface area contributed by atoms with Crippen LogP contribution < -0.4 is 0 Å². The summed E-state index contributed by atoms with van der Waals surface area (Å²) in [4.78, 5) is 4.19. The van der Waals surface area contributed by atoms with Gasteiger partial charge in [0.2, 0.25) is 0 Å². The normalized spacial score (nSPS) is 27.3. The second kappa shape index (κ2) is 4.75. The molecule has 15 heavy (non-hydrogen) atoms. The van der Waals surface area contributed by atoms with Gasteiger partial charge in [0.05, 0.1) is 6.10 Å². The van der Waals surface area contributed by atoms with Gasteiger partial charge in [-0.05, 0) is 49.3 Å². The quantitative estimate of drug-likeness (QED) is 0.715. The average Bonchev–Trinajstić information content (AvgIpc) is 2.43. The molecule has 1 heterocycles. The highest BCUT2D eigenvalue weighted by Gasteiger charge is 2.20. The maximum atomic E-state index is 9.79. The fraction of sp³-hybridized carbons (Fsp3) is 0.615. The molecule has 0 bridgehead atoms. The molecule has 2 atom stereocenters. The molecule has 82 valence electrons. The monoisotopic (exact) mass is 205 g/mol. The van der Waals surface area contributed by atoms with Gasteiger partial charge in [0, 0.05) is 12.4 Å². The number of aliphatic hydroxyl groups excluding tert-OH is 1. The van der Waals surface area contributed by atoms with E-state index in [1.807, 2.05) is 12.4 Å². The van der Waals surface area contributed by atoms with Crippen molar-refractivity contribution in [1.29, 1.82) is 0 Å². The minimum atomic E-state index is -0.114. The van der Waals surface area contributed by atoms with E-state index in [1.54, 1.807) is 0 Å². The highest BCUT2D eigenvalue weighted by molar-refractivity contribution is 5.25. The molecule has 1 fully saturated rings. The number of aromatic nitrogens is 1. The van der Waals surface area contributed by atoms with Gasteiger partial charge >= 0.3 is 0 Å². The third-order valence-electron chi connectivity index (χ3n) is 3.42. The van der Waals surface area contributed by atoms with E-state index in [0.717, 1.165) is 19.3 Å². The van der Waals surface area contributed by atoms with Crippen molar-refractivity contribution in [3.8, 4) is 0 Å². The minimum Gasteiger partial charge on any atom is -0.393 e. The van der Waals surface area contributed by atoms with Crippen LogP contribution in [0.2, 0.25) is 0 Å². The maximum Gasteiger partial charge on any atom is 0.0546 e. The molecule has 1 saturated carbocycles. The van der Waals surface area contributed by atoms with Crippen molar-refractivity contribution < 1.29 is 5.11 Å². The Hall–Kier alpha value is -0.890. The van der Waals surface area contributed by atoms with Gasteiger partial charge in [-0.1, -0.05) is 12.8 Å². The number of hydrogen-bond donors (Lipinski definition) is 1. The molecule has 0 saturated heterocycles. The Morgan fingerprint density at radius 3 is 2.93 bits per heavy atom. The third kappa shape index (κ3) is 2.57. The van der Waals surface area contributed by atoms with Crippen LogP contribution in [0.15, 0.2) is 18.5 Å². The summed E-state index contributed by atoms with van der Waals surface area (Å²) in [5.74, 6) is 0.510. The van der Waals surface area contributed by atoms with Gasteiger partial charge in [-0.25, -0.2) is 0 Å². The molecule has 2 heteroatoms. The smallest absolute Gasteiger partial charge is 0.0546 e. The van der Waals surface area contributed by atoms with Crippen LogP contribution in [0.25, 0.3) is 0 Å². The standard InChI is InChI=1S/C13H19NO/c1-10-6-7-14-9-13(10)11-4-2-3-5-12(15)8-11/h6-7,9,11-12,15H,2-5,8H2,1H3. The Morgan fingerprint density at radius 1 is 1.33 bits per heavy atom. The van der Waals surface area contributed by atoms with Crippen LogP contribution in [-0.2, 0) is 0 Å². The second-order valence-corrected chi connectivity index (χ2v) is 4.60. The number of nitrogens with zero attached hydrogens (tertiary/aromatic N) is 1. The maximum absolute atomic E-state index is 9.79. The number of aliphatic hydroxyl groups is 1. The van der Waals surface area contributed by atoms with Crippen molar-refractivity contribution in [2.24, 2.45) is 0 Å². The lowest BCUT2D eigenvalue weighted by Gasteiger charge is -2.18. The Kier molecular flexibility index (Phi) is 3.37. The lowest BCUT2D eigenvalue weighted by molar-refractivity contribution is 0.152. The molecular formula is C13H19NO. The van der Waals surface area contributed by atoms with E-state index in [1.165, 1.54) is 24.0 Å². The Balaban J connectivity index is 2.18. The Bertz CT molecular complexity index is 324. The average molecular weight is 205 g/mol. The van der Waals surface area contributed by atoms with Crippen LogP contribution in [0.4, 0.5) is 0 Å². The number of pyridine rings is 1. The predicted octanol–water partition coefficient (Wildman–Crippen LogP) is 2.80. The van der Waals surface area contributed by atoms with E-state index in [9.17, 15) is 5.11 Å². The van der Waals surface area contributed by atoms with E-state index < -0.39 is 0 Å². The molecule has 1 aliphatic rings. The second-order valence-electron chi connectivity index (χ2n) is 4.60. The highest BCUT2D eigenvalue weighted by Crippen LogP contribution is 2.32. The van der Waals surface area contributed by atoms with Crippen molar-refractivity contribution in [2.45, 2.75) is 51.0 Å². The van der Waals surface area contributed by atoms with Gasteiger partial charge in [-0.2, -0.15) is 0 Å². The van der Waals surface area contributed by atoms with Crippen molar-refractivity contribution >= 4 is 0 Å². The van der Waals surface area contributed by atoms with Crippen molar-refractivity contribution in [2.75, 3.05) is 0 Å². The molecule has 2 unspecified atom stereocenters. The molecule has 0 amide bonds. The molecule has 1 aromatic rings. The van der Waals surface area contributed by atoms with Crippen molar-refractivity contribution in [3.05, 3.63) is 29.6 Å². The molecule has 1 aromatic heterocycles. The topological polar surface area (TPSA) is 33.1 Å². The van der Waals surface area contributed by atoms with E-state index >= 15 is 0 Å². The summed E-state index contributed by atoms with van der Waals surface area (Å²) in [7, 11) is 0. The molecule has 2 rings (SSSR count). The largest absolute Gasteiger partial charge is 0.393 e. The molecule has 0 aliphatic heterocycles. The predicted molar refractivity (Wildman–Crippen MR) is 60.8 cm³/mol. The van der Waals surface area contributed by atoms with Gasteiger partial charge in [-0.3, -0.25) is 4.98 Å². The summed E-state index contributed by atoms with van der Waals surface area (Å²) in [5, 5.41) is 9.79. The zero-order valence-corrected chi connectivity index (χ0v) is 9.32. The number of rotatable bonds is 1. The Labute approximate surface area is 91.4 Å². The van der Waals surface area contributed by atoms with Gasteiger partial charge in [0.25, 0.3) is 0 Å². The van der Waals surface area contributed by atoms with Crippen molar-refractivity contribution in [1.82, 2.24) is 4.98 Å². The summed E-state index contributed by atoms with van der Waals surface area (Å²) >= 11 is 0. The third-order valence-corrected chi connectivity index (χ3v) is 3.42. The molecule has 1 aliphatic carbocycles. The zero-order valence-electron chi connectivity index (χ0n) is 9.32. The SMILES string of the molecule is Cc1ccncc1C1CCCCC(O)C1. The lowest BCUT2D eigenvalue weighted by atomic mass is 9.89. The van der Waals surface area contributed by atoms with Gasteiger partial charge in [0.15, 0.2) is 0 Å². The van der Waals surface area contributed by atoms with E-state index in [2.05, 4.69) is 18.0 Å². The van der Waals surface area contributed by atoms with E-state index in [4.69, 9.17) is 0 Å². The fourth-order valence-electron chi connectivity index (χ4n) is 2.52. The molecule has 0 radical (unpaired) electrons. The summed E-state index contributed by atoms with van der Waals surface area (Å²) < 4.78 is 0. The first-order valence-corrected chi connectivity index (χ1v) is 5.86. The van der Waals surface area contributed by atoms with E-state index in [-0.39, 0.29) is 6.10 Å². The van der Waals surface area contributed by atoms with Crippen LogP contribution in [0.3, 0.4) is 0 Å². The summed E-state index contributed by atoms with van der Waals surface area (Å²) in [5.41, 5.74) is 2.64. The summed E-state index contributed by atoms with van der Waals surface area (Å²) in [6.07, 6.45) is 9.17. The molecule has 0 spiro atoms. The van der Waals surface area contributed by atoms with Crippen LogP contribution in [0.1, 0.15) is 49.1 Å². The van der Waals surface area contributed by atoms with Crippen LogP contribution >= 0.6 is 0 Å². The zero-order chi connectivity index (χ0) is 10.7. The van der Waals surface area contributed by atoms with Gasteiger partial charge < -0.3 is 5.11 Å². The molecule has 1 N–H and O–H groups in total. The molecular weight excluding hydrogens is 186 g/mol. The highest BCUT2D eigenvalue weighted by atomic mass is 16.3. The molecule has 2 nitrogen and oxygen atoms in total.